The maximum absolute atomic E-state index is 12.1. The van der Waals surface area contributed by atoms with Gasteiger partial charge >= 0.3 is 0 Å². The predicted molar refractivity (Wildman–Crippen MR) is 90.3 cm³/mol. The van der Waals surface area contributed by atoms with Crippen molar-refractivity contribution in [2.45, 2.75) is 44.2 Å². The molecule has 1 fully saturated rings. The zero-order valence-corrected chi connectivity index (χ0v) is 14.2. The van der Waals surface area contributed by atoms with Crippen molar-refractivity contribution in [1.82, 2.24) is 14.9 Å². The van der Waals surface area contributed by atoms with Crippen molar-refractivity contribution < 1.29 is 9.53 Å². The lowest BCUT2D eigenvalue weighted by Crippen LogP contribution is -2.40. The van der Waals surface area contributed by atoms with Gasteiger partial charge in [0.1, 0.15) is 6.10 Å². The fourth-order valence-electron chi connectivity index (χ4n) is 2.99. The van der Waals surface area contributed by atoms with Crippen LogP contribution in [0.1, 0.15) is 42.4 Å². The topological polar surface area (TPSA) is 56.2 Å². The lowest BCUT2D eigenvalue weighted by Gasteiger charge is -2.30. The number of hydrogen-bond donors (Lipinski definition) is 1. The lowest BCUT2D eigenvalue weighted by atomic mass is 10.0. The average Bonchev–Trinajstić information content (AvgIpc) is 3.19. The number of aromatic nitrogens is 2. The van der Waals surface area contributed by atoms with Crippen LogP contribution in [0.15, 0.2) is 30.0 Å². The van der Waals surface area contributed by atoms with Crippen molar-refractivity contribution in [3.05, 3.63) is 40.6 Å². The van der Waals surface area contributed by atoms with Crippen molar-refractivity contribution in [2.75, 3.05) is 6.61 Å². The van der Waals surface area contributed by atoms with Gasteiger partial charge < -0.3 is 14.6 Å². The number of ether oxygens (including phenoxy) is 1. The molecule has 3 heterocycles. The molecule has 6 heteroatoms. The molecule has 2 aromatic heterocycles. The van der Waals surface area contributed by atoms with Gasteiger partial charge in [-0.05, 0) is 37.1 Å². The van der Waals surface area contributed by atoms with Gasteiger partial charge in [0.15, 0.2) is 0 Å². The highest BCUT2D eigenvalue weighted by Crippen LogP contribution is 2.27. The molecule has 1 aliphatic rings. The number of amides is 1. The SMILES string of the molecule is Cn1cncc1[C@H]1C[C@@H](NC(=O)CCCc2cccs2)CCO1. The maximum atomic E-state index is 12.1. The van der Waals surface area contributed by atoms with Crippen LogP contribution in [0.4, 0.5) is 0 Å². The Kier molecular flexibility index (Phi) is 5.46. The first-order valence-corrected chi connectivity index (χ1v) is 9.00. The number of hydrogen-bond acceptors (Lipinski definition) is 4. The van der Waals surface area contributed by atoms with Crippen molar-refractivity contribution >= 4 is 17.2 Å². The van der Waals surface area contributed by atoms with E-state index in [1.54, 1.807) is 17.7 Å². The van der Waals surface area contributed by atoms with Gasteiger partial charge in [-0.3, -0.25) is 4.79 Å². The fraction of sp³-hybridized carbons (Fsp3) is 0.529. The van der Waals surface area contributed by atoms with Gasteiger partial charge in [-0.1, -0.05) is 6.07 Å². The molecule has 0 radical (unpaired) electrons. The number of carbonyl (C=O) groups is 1. The lowest BCUT2D eigenvalue weighted by molar-refractivity contribution is -0.123. The van der Waals surface area contributed by atoms with Gasteiger partial charge in [0.25, 0.3) is 0 Å². The van der Waals surface area contributed by atoms with E-state index in [1.165, 1.54) is 4.88 Å². The zero-order valence-electron chi connectivity index (χ0n) is 13.4. The van der Waals surface area contributed by atoms with E-state index < -0.39 is 0 Å². The summed E-state index contributed by atoms with van der Waals surface area (Å²) < 4.78 is 7.82. The summed E-state index contributed by atoms with van der Waals surface area (Å²) in [5.41, 5.74) is 1.07. The maximum Gasteiger partial charge on any atom is 0.220 e. The van der Waals surface area contributed by atoms with Crippen molar-refractivity contribution in [3.63, 3.8) is 0 Å². The molecule has 0 aliphatic carbocycles. The second-order valence-corrected chi connectivity index (χ2v) is 7.04. The van der Waals surface area contributed by atoms with Crippen molar-refractivity contribution in [3.8, 4) is 0 Å². The summed E-state index contributed by atoms with van der Waals surface area (Å²) in [6, 6.07) is 4.37. The monoisotopic (exact) mass is 333 g/mol. The Labute approximate surface area is 140 Å². The van der Waals surface area contributed by atoms with E-state index >= 15 is 0 Å². The first-order valence-electron chi connectivity index (χ1n) is 8.12. The fourth-order valence-corrected chi connectivity index (χ4v) is 3.74. The Bertz CT molecular complexity index is 624. The summed E-state index contributed by atoms with van der Waals surface area (Å²) in [6.07, 6.45) is 7.82. The van der Waals surface area contributed by atoms with Gasteiger partial charge in [0, 0.05) is 31.0 Å². The average molecular weight is 333 g/mol. The second kappa shape index (κ2) is 7.75. The molecular formula is C17H23N3O2S. The van der Waals surface area contributed by atoms with E-state index in [2.05, 4.69) is 27.8 Å². The van der Waals surface area contributed by atoms with Crippen LogP contribution in [0.5, 0.6) is 0 Å². The number of imidazole rings is 1. The van der Waals surface area contributed by atoms with Crippen molar-refractivity contribution in [1.29, 1.82) is 0 Å². The number of thiophene rings is 1. The number of rotatable bonds is 6. The molecule has 1 N–H and O–H groups in total. The molecule has 1 amide bonds. The third-order valence-electron chi connectivity index (χ3n) is 4.24. The summed E-state index contributed by atoms with van der Waals surface area (Å²) in [5, 5.41) is 5.24. The summed E-state index contributed by atoms with van der Waals surface area (Å²) in [7, 11) is 1.97. The van der Waals surface area contributed by atoms with E-state index in [0.29, 0.717) is 13.0 Å². The molecule has 1 saturated heterocycles. The number of nitrogens with zero attached hydrogens (tertiary/aromatic N) is 2. The normalized spacial score (nSPS) is 21.3. The van der Waals surface area contributed by atoms with Crippen LogP contribution in [-0.2, 0) is 23.0 Å². The highest BCUT2D eigenvalue weighted by Gasteiger charge is 2.26. The Morgan fingerprint density at radius 2 is 2.48 bits per heavy atom. The summed E-state index contributed by atoms with van der Waals surface area (Å²) in [4.78, 5) is 17.6. The van der Waals surface area contributed by atoms with Crippen LogP contribution in [0, 0.1) is 0 Å². The summed E-state index contributed by atoms with van der Waals surface area (Å²) in [6.45, 7) is 0.677. The van der Waals surface area contributed by atoms with Crippen LogP contribution >= 0.6 is 11.3 Å². The van der Waals surface area contributed by atoms with Gasteiger partial charge in [0.2, 0.25) is 5.91 Å². The molecule has 23 heavy (non-hydrogen) atoms. The van der Waals surface area contributed by atoms with Gasteiger partial charge in [-0.2, -0.15) is 0 Å². The molecular weight excluding hydrogens is 310 g/mol. The Morgan fingerprint density at radius 1 is 1.57 bits per heavy atom. The van der Waals surface area contributed by atoms with Crippen LogP contribution < -0.4 is 5.32 Å². The minimum Gasteiger partial charge on any atom is -0.372 e. The van der Waals surface area contributed by atoms with E-state index in [-0.39, 0.29) is 18.1 Å². The third kappa shape index (κ3) is 4.42. The van der Waals surface area contributed by atoms with Crippen LogP contribution in [0.25, 0.3) is 0 Å². The highest BCUT2D eigenvalue weighted by atomic mass is 32.1. The minimum absolute atomic E-state index is 0.0210. The molecule has 0 saturated carbocycles. The largest absolute Gasteiger partial charge is 0.372 e. The number of nitrogens with one attached hydrogen (secondary N) is 1. The van der Waals surface area contributed by atoms with Gasteiger partial charge in [-0.25, -0.2) is 4.98 Å². The number of carbonyl (C=O) groups excluding carboxylic acids is 1. The molecule has 2 atom stereocenters. The molecule has 5 nitrogen and oxygen atoms in total. The van der Waals surface area contributed by atoms with E-state index in [0.717, 1.165) is 31.4 Å². The Balaban J connectivity index is 1.44. The first-order chi connectivity index (χ1) is 11.2. The quantitative estimate of drug-likeness (QED) is 0.884. The smallest absolute Gasteiger partial charge is 0.220 e. The van der Waals surface area contributed by atoms with Gasteiger partial charge in [0.05, 0.1) is 18.2 Å². The van der Waals surface area contributed by atoms with Crippen LogP contribution in [0.3, 0.4) is 0 Å². The van der Waals surface area contributed by atoms with Crippen LogP contribution in [-0.4, -0.2) is 28.1 Å². The molecule has 124 valence electrons. The Hall–Kier alpha value is -1.66. The third-order valence-corrected chi connectivity index (χ3v) is 5.18. The Morgan fingerprint density at radius 3 is 3.22 bits per heavy atom. The molecule has 0 spiro atoms. The second-order valence-electron chi connectivity index (χ2n) is 6.01. The predicted octanol–water partition coefficient (Wildman–Crippen LogP) is 2.84. The minimum atomic E-state index is 0.0210. The van der Waals surface area contributed by atoms with Crippen molar-refractivity contribution in [2.24, 2.45) is 7.05 Å². The molecule has 1 aliphatic heterocycles. The zero-order chi connectivity index (χ0) is 16.1. The summed E-state index contributed by atoms with van der Waals surface area (Å²) in [5.74, 6) is 0.150. The molecule has 0 aromatic carbocycles. The van der Waals surface area contributed by atoms with E-state index in [4.69, 9.17) is 4.74 Å². The van der Waals surface area contributed by atoms with Gasteiger partial charge in [-0.15, -0.1) is 11.3 Å². The van der Waals surface area contributed by atoms with Crippen LogP contribution in [0.2, 0.25) is 0 Å². The molecule has 2 aromatic rings. The molecule has 0 unspecified atom stereocenters. The molecule has 3 rings (SSSR count). The summed E-state index contributed by atoms with van der Waals surface area (Å²) >= 11 is 1.75. The standard InChI is InChI=1S/C17H23N3O2S/c1-20-12-18-11-15(20)16-10-13(7-8-22-16)19-17(21)6-2-4-14-5-3-9-23-14/h3,5,9,11-13,16H,2,4,6-8,10H2,1H3,(H,19,21)/t13-,16+/m0/s1. The highest BCUT2D eigenvalue weighted by molar-refractivity contribution is 7.09. The van der Waals surface area contributed by atoms with E-state index in [1.807, 2.05) is 17.8 Å². The number of aryl methyl sites for hydroxylation is 2. The molecule has 0 bridgehead atoms. The van der Waals surface area contributed by atoms with E-state index in [9.17, 15) is 4.79 Å². The first kappa shape index (κ1) is 16.2.